The van der Waals surface area contributed by atoms with Crippen molar-refractivity contribution in [2.45, 2.75) is 13.3 Å². The zero-order chi connectivity index (χ0) is 13.0. The average molecular weight is 247 g/mol. The summed E-state index contributed by atoms with van der Waals surface area (Å²) in [5, 5.41) is 3.50. The molecule has 1 aromatic carbocycles. The highest BCUT2D eigenvalue weighted by atomic mass is 15.1. The molecule has 1 unspecified atom stereocenters. The predicted molar refractivity (Wildman–Crippen MR) is 79.6 cm³/mol. The maximum Gasteiger partial charge on any atom is 0.0387 e. The first-order chi connectivity index (χ1) is 8.66. The minimum atomic E-state index is 0.702. The SMILES string of the molecule is CC1CNCCCN(c2cccc(N(C)C)c2)C1. The molecule has 3 heteroatoms. The van der Waals surface area contributed by atoms with Crippen molar-refractivity contribution in [3.8, 4) is 0 Å². The zero-order valence-electron chi connectivity index (χ0n) is 11.8. The van der Waals surface area contributed by atoms with Crippen molar-refractivity contribution in [1.29, 1.82) is 0 Å². The molecule has 1 aromatic rings. The topological polar surface area (TPSA) is 18.5 Å². The summed E-state index contributed by atoms with van der Waals surface area (Å²) in [5.74, 6) is 0.702. The van der Waals surface area contributed by atoms with Crippen LogP contribution < -0.4 is 15.1 Å². The van der Waals surface area contributed by atoms with Crippen LogP contribution in [0, 0.1) is 5.92 Å². The normalized spacial score (nSPS) is 21.3. The number of rotatable bonds is 2. The molecule has 1 aliphatic heterocycles. The fourth-order valence-corrected chi connectivity index (χ4v) is 2.48. The lowest BCUT2D eigenvalue weighted by Gasteiger charge is -2.31. The van der Waals surface area contributed by atoms with Gasteiger partial charge in [0.1, 0.15) is 0 Å². The Kier molecular flexibility index (Phi) is 4.48. The van der Waals surface area contributed by atoms with E-state index in [1.807, 2.05) is 0 Å². The Balaban J connectivity index is 2.14. The molecule has 0 saturated carbocycles. The van der Waals surface area contributed by atoms with Gasteiger partial charge in [0.05, 0.1) is 0 Å². The van der Waals surface area contributed by atoms with Crippen LogP contribution in [0.5, 0.6) is 0 Å². The van der Waals surface area contributed by atoms with Crippen LogP contribution in [0.4, 0.5) is 11.4 Å². The van der Waals surface area contributed by atoms with Crippen LogP contribution in [0.3, 0.4) is 0 Å². The van der Waals surface area contributed by atoms with Gasteiger partial charge in [-0.15, -0.1) is 0 Å². The zero-order valence-corrected chi connectivity index (χ0v) is 11.8. The molecule has 0 spiro atoms. The molecule has 3 nitrogen and oxygen atoms in total. The molecule has 1 fully saturated rings. The largest absolute Gasteiger partial charge is 0.378 e. The second kappa shape index (κ2) is 6.10. The molecular formula is C15H25N3. The van der Waals surface area contributed by atoms with E-state index >= 15 is 0 Å². The van der Waals surface area contributed by atoms with E-state index in [1.165, 1.54) is 17.8 Å². The van der Waals surface area contributed by atoms with Gasteiger partial charge in [-0.25, -0.2) is 0 Å². The molecule has 1 heterocycles. The highest BCUT2D eigenvalue weighted by molar-refractivity contribution is 5.58. The Labute approximate surface area is 111 Å². The van der Waals surface area contributed by atoms with Gasteiger partial charge in [0, 0.05) is 38.6 Å². The quantitative estimate of drug-likeness (QED) is 0.864. The molecular weight excluding hydrogens is 222 g/mol. The van der Waals surface area contributed by atoms with E-state index in [2.05, 4.69) is 60.4 Å². The van der Waals surface area contributed by atoms with Crippen LogP contribution in [-0.2, 0) is 0 Å². The van der Waals surface area contributed by atoms with Crippen molar-refractivity contribution in [3.05, 3.63) is 24.3 Å². The molecule has 0 aliphatic carbocycles. The van der Waals surface area contributed by atoms with Gasteiger partial charge in [-0.2, -0.15) is 0 Å². The predicted octanol–water partition coefficient (Wildman–Crippen LogP) is 2.19. The number of nitrogens with zero attached hydrogens (tertiary/aromatic N) is 2. The summed E-state index contributed by atoms with van der Waals surface area (Å²) in [5.41, 5.74) is 2.63. The van der Waals surface area contributed by atoms with Crippen LogP contribution in [0.2, 0.25) is 0 Å². The lowest BCUT2D eigenvalue weighted by atomic mass is 10.1. The first-order valence-electron chi connectivity index (χ1n) is 6.90. The van der Waals surface area contributed by atoms with Gasteiger partial charge >= 0.3 is 0 Å². The summed E-state index contributed by atoms with van der Waals surface area (Å²) < 4.78 is 0. The molecule has 0 bridgehead atoms. The second-order valence-corrected chi connectivity index (χ2v) is 5.52. The Morgan fingerprint density at radius 3 is 2.94 bits per heavy atom. The van der Waals surface area contributed by atoms with Crippen molar-refractivity contribution < 1.29 is 0 Å². The van der Waals surface area contributed by atoms with E-state index in [1.54, 1.807) is 0 Å². The molecule has 100 valence electrons. The van der Waals surface area contributed by atoms with Crippen LogP contribution in [0.25, 0.3) is 0 Å². The van der Waals surface area contributed by atoms with Gasteiger partial charge in [-0.1, -0.05) is 13.0 Å². The van der Waals surface area contributed by atoms with E-state index < -0.39 is 0 Å². The summed E-state index contributed by atoms with van der Waals surface area (Å²) in [4.78, 5) is 4.69. The van der Waals surface area contributed by atoms with Crippen LogP contribution >= 0.6 is 0 Å². The Bertz CT molecular complexity index is 376. The highest BCUT2D eigenvalue weighted by Gasteiger charge is 2.14. The molecule has 1 N–H and O–H groups in total. The van der Waals surface area contributed by atoms with Crippen molar-refractivity contribution >= 4 is 11.4 Å². The minimum Gasteiger partial charge on any atom is -0.378 e. The molecule has 1 atom stereocenters. The summed E-state index contributed by atoms with van der Waals surface area (Å²) >= 11 is 0. The maximum absolute atomic E-state index is 3.50. The monoisotopic (exact) mass is 247 g/mol. The average Bonchev–Trinajstić information content (AvgIpc) is 2.33. The van der Waals surface area contributed by atoms with Crippen LogP contribution in [0.1, 0.15) is 13.3 Å². The lowest BCUT2D eigenvalue weighted by Crippen LogP contribution is -2.38. The standard InChI is InChI=1S/C15H25N3/c1-13-11-16-8-5-9-18(12-13)15-7-4-6-14(10-15)17(2)3/h4,6-7,10,13,16H,5,8-9,11-12H2,1-3H3. The van der Waals surface area contributed by atoms with E-state index in [4.69, 9.17) is 0 Å². The summed E-state index contributed by atoms with van der Waals surface area (Å²) in [7, 11) is 4.19. The number of nitrogens with one attached hydrogen (secondary N) is 1. The Morgan fingerprint density at radius 2 is 2.17 bits per heavy atom. The van der Waals surface area contributed by atoms with Gasteiger partial charge < -0.3 is 15.1 Å². The van der Waals surface area contributed by atoms with Gasteiger partial charge in [0.15, 0.2) is 0 Å². The third-order valence-corrected chi connectivity index (χ3v) is 3.52. The molecule has 18 heavy (non-hydrogen) atoms. The first-order valence-corrected chi connectivity index (χ1v) is 6.90. The second-order valence-electron chi connectivity index (χ2n) is 5.52. The van der Waals surface area contributed by atoms with E-state index in [0.29, 0.717) is 5.92 Å². The van der Waals surface area contributed by atoms with Crippen molar-refractivity contribution in [2.75, 3.05) is 50.1 Å². The Hall–Kier alpha value is -1.22. The van der Waals surface area contributed by atoms with E-state index in [-0.39, 0.29) is 0 Å². The molecule has 0 aromatic heterocycles. The van der Waals surface area contributed by atoms with Gasteiger partial charge in [-0.3, -0.25) is 0 Å². The van der Waals surface area contributed by atoms with Crippen molar-refractivity contribution in [3.63, 3.8) is 0 Å². The van der Waals surface area contributed by atoms with Gasteiger partial charge in [-0.05, 0) is 43.6 Å². The summed E-state index contributed by atoms with van der Waals surface area (Å²) in [6.07, 6.45) is 1.22. The number of hydrogen-bond acceptors (Lipinski definition) is 3. The van der Waals surface area contributed by atoms with Crippen LogP contribution in [-0.4, -0.2) is 40.3 Å². The molecule has 1 aliphatic rings. The number of anilines is 2. The van der Waals surface area contributed by atoms with E-state index in [9.17, 15) is 0 Å². The Morgan fingerprint density at radius 1 is 1.33 bits per heavy atom. The molecule has 2 rings (SSSR count). The number of benzene rings is 1. The fraction of sp³-hybridized carbons (Fsp3) is 0.600. The minimum absolute atomic E-state index is 0.702. The fourth-order valence-electron chi connectivity index (χ4n) is 2.48. The summed E-state index contributed by atoms with van der Waals surface area (Å²) in [6, 6.07) is 8.85. The van der Waals surface area contributed by atoms with E-state index in [0.717, 1.165) is 26.2 Å². The lowest BCUT2D eigenvalue weighted by molar-refractivity contribution is 0.468. The number of hydrogen-bond donors (Lipinski definition) is 1. The maximum atomic E-state index is 3.50. The van der Waals surface area contributed by atoms with Gasteiger partial charge in [0.25, 0.3) is 0 Å². The summed E-state index contributed by atoms with van der Waals surface area (Å²) in [6.45, 7) is 6.87. The first kappa shape index (κ1) is 13.2. The van der Waals surface area contributed by atoms with Gasteiger partial charge in [0.2, 0.25) is 0 Å². The third-order valence-electron chi connectivity index (χ3n) is 3.52. The third kappa shape index (κ3) is 3.39. The van der Waals surface area contributed by atoms with Crippen molar-refractivity contribution in [1.82, 2.24) is 5.32 Å². The molecule has 1 saturated heterocycles. The smallest absolute Gasteiger partial charge is 0.0387 e. The molecule has 0 radical (unpaired) electrons. The van der Waals surface area contributed by atoms with Crippen molar-refractivity contribution in [2.24, 2.45) is 5.92 Å². The molecule has 0 amide bonds. The van der Waals surface area contributed by atoms with Crippen LogP contribution in [0.15, 0.2) is 24.3 Å². The highest BCUT2D eigenvalue weighted by Crippen LogP contribution is 2.22.